The summed E-state index contributed by atoms with van der Waals surface area (Å²) < 4.78 is 28.8. The van der Waals surface area contributed by atoms with Crippen LogP contribution in [0.1, 0.15) is 0 Å². The molecule has 0 aliphatic rings. The first kappa shape index (κ1) is 16.5. The van der Waals surface area contributed by atoms with Crippen molar-refractivity contribution in [3.05, 3.63) is 19.3 Å². The van der Waals surface area contributed by atoms with E-state index in [9.17, 15) is 18.0 Å². The SMILES string of the molecule is C=CC(=O)O.F[C-](F)F.[Na+]. The van der Waals surface area contributed by atoms with E-state index in [2.05, 4.69) is 6.58 Å². The van der Waals surface area contributed by atoms with Crippen LogP contribution in [0.5, 0.6) is 0 Å². The maximum atomic E-state index is 9.58. The number of carbonyl (C=O) groups is 1. The van der Waals surface area contributed by atoms with Crippen molar-refractivity contribution in [3.8, 4) is 0 Å². The maximum absolute atomic E-state index is 9.58. The van der Waals surface area contributed by atoms with Gasteiger partial charge in [0.2, 0.25) is 0 Å². The van der Waals surface area contributed by atoms with E-state index < -0.39 is 12.6 Å². The Kier molecular flexibility index (Phi) is 19.4. The summed E-state index contributed by atoms with van der Waals surface area (Å²) in [5.74, 6) is -0.981. The van der Waals surface area contributed by atoms with E-state index in [4.69, 9.17) is 5.11 Å². The molecule has 0 heterocycles. The van der Waals surface area contributed by atoms with Gasteiger partial charge in [-0.15, -0.1) is 0 Å². The molecule has 2 nitrogen and oxygen atoms in total. The van der Waals surface area contributed by atoms with E-state index in [-0.39, 0.29) is 29.6 Å². The zero-order chi connectivity index (χ0) is 7.86. The normalized spacial score (nSPS) is 6.80. The third kappa shape index (κ3) is 98.0. The minimum Gasteiger partial charge on any atom is -0.478 e. The minimum atomic E-state index is -3.08. The quantitative estimate of drug-likeness (QED) is 0.294. The fraction of sp³-hybridized carbons (Fsp3) is 0. The third-order valence-electron chi connectivity index (χ3n) is 0.175. The van der Waals surface area contributed by atoms with Gasteiger partial charge in [0, 0.05) is 6.08 Å². The summed E-state index contributed by atoms with van der Waals surface area (Å²) in [5.41, 5.74) is 0. The van der Waals surface area contributed by atoms with Crippen LogP contribution >= 0.6 is 0 Å². The number of carboxylic acid groups (broad SMARTS) is 1. The van der Waals surface area contributed by atoms with Crippen molar-refractivity contribution in [2.45, 2.75) is 0 Å². The molecule has 0 aliphatic carbocycles. The van der Waals surface area contributed by atoms with E-state index in [0.717, 1.165) is 6.08 Å². The van der Waals surface area contributed by atoms with Gasteiger partial charge in [-0.25, -0.2) is 4.79 Å². The van der Waals surface area contributed by atoms with Gasteiger partial charge in [-0.1, -0.05) is 6.58 Å². The van der Waals surface area contributed by atoms with Crippen LogP contribution in [0.25, 0.3) is 0 Å². The Bertz CT molecular complexity index is 93.7. The molecule has 0 radical (unpaired) electrons. The summed E-state index contributed by atoms with van der Waals surface area (Å²) in [6, 6.07) is 0. The fourth-order valence-electron chi connectivity index (χ4n) is 0. The molecule has 54 valence electrons. The van der Waals surface area contributed by atoms with Crippen molar-refractivity contribution < 1.29 is 52.6 Å². The van der Waals surface area contributed by atoms with Crippen molar-refractivity contribution in [2.24, 2.45) is 0 Å². The smallest absolute Gasteiger partial charge is 0.478 e. The monoisotopic (exact) mass is 164 g/mol. The van der Waals surface area contributed by atoms with Crippen LogP contribution in [0.3, 0.4) is 0 Å². The Balaban J connectivity index is -0.0000000910. The number of rotatable bonds is 1. The molecule has 0 amide bonds. The molecule has 0 unspecified atom stereocenters. The van der Waals surface area contributed by atoms with E-state index >= 15 is 0 Å². The first-order valence-electron chi connectivity index (χ1n) is 1.69. The number of halogens is 3. The first-order valence-corrected chi connectivity index (χ1v) is 1.69. The van der Waals surface area contributed by atoms with E-state index in [1.54, 1.807) is 0 Å². The van der Waals surface area contributed by atoms with Gasteiger partial charge in [-0.05, 0) is 0 Å². The van der Waals surface area contributed by atoms with Crippen molar-refractivity contribution in [1.29, 1.82) is 0 Å². The molecule has 0 aromatic carbocycles. The Labute approximate surface area is 78.0 Å². The molecule has 0 fully saturated rings. The summed E-state index contributed by atoms with van der Waals surface area (Å²) >= 11 is 0. The van der Waals surface area contributed by atoms with E-state index in [1.165, 1.54) is 0 Å². The van der Waals surface area contributed by atoms with E-state index in [1.807, 2.05) is 0 Å². The van der Waals surface area contributed by atoms with Gasteiger partial charge in [-0.2, -0.15) is 0 Å². The standard InChI is InChI=1S/C3H4O2.CF3.Na/c1-2-3(4)5;2-1(3)4;/h2H,1H2,(H,4,5);;/q;-1;+1. The number of hydrogen-bond donors (Lipinski definition) is 1. The van der Waals surface area contributed by atoms with Gasteiger partial charge in [0.1, 0.15) is 0 Å². The van der Waals surface area contributed by atoms with E-state index in [0.29, 0.717) is 0 Å². The Hall–Kier alpha value is -0.000000000000000222. The Morgan fingerprint density at radius 2 is 1.60 bits per heavy atom. The van der Waals surface area contributed by atoms with Crippen LogP contribution in [0.2, 0.25) is 0 Å². The molecular formula is C4H4F3NaO2. The van der Waals surface area contributed by atoms with Gasteiger partial charge in [-0.3, -0.25) is 0 Å². The summed E-state index contributed by atoms with van der Waals surface area (Å²) in [7, 11) is 0. The molecule has 0 aromatic rings. The van der Waals surface area contributed by atoms with Crippen LogP contribution in [0, 0.1) is 6.68 Å². The predicted octanol–water partition coefficient (Wildman–Crippen LogP) is -1.40. The Morgan fingerprint density at radius 3 is 1.60 bits per heavy atom. The molecule has 6 heteroatoms. The molecule has 0 spiro atoms. The summed E-state index contributed by atoms with van der Waals surface area (Å²) in [6.45, 7) is -0.123. The van der Waals surface area contributed by atoms with Gasteiger partial charge in [0.25, 0.3) is 0 Å². The van der Waals surface area contributed by atoms with Crippen molar-refractivity contribution >= 4 is 5.97 Å². The van der Waals surface area contributed by atoms with Crippen LogP contribution in [0.15, 0.2) is 12.7 Å². The molecular weight excluding hydrogens is 160 g/mol. The Morgan fingerprint density at radius 1 is 1.50 bits per heavy atom. The number of carboxylic acids is 1. The molecule has 0 aliphatic heterocycles. The molecule has 0 rings (SSSR count). The van der Waals surface area contributed by atoms with Crippen LogP contribution in [-0.2, 0) is 4.79 Å². The van der Waals surface area contributed by atoms with Gasteiger partial charge in [0.05, 0.1) is 0 Å². The van der Waals surface area contributed by atoms with Crippen molar-refractivity contribution in [2.75, 3.05) is 0 Å². The second-order valence-corrected chi connectivity index (χ2v) is 0.757. The first-order chi connectivity index (χ1) is 4.00. The second kappa shape index (κ2) is 11.8. The summed E-state index contributed by atoms with van der Waals surface area (Å²) in [5, 5.41) is 7.60. The second-order valence-electron chi connectivity index (χ2n) is 0.757. The van der Waals surface area contributed by atoms with Gasteiger partial charge in [0.15, 0.2) is 6.68 Å². The topological polar surface area (TPSA) is 37.3 Å². The zero-order valence-electron chi connectivity index (χ0n) is 5.27. The summed E-state index contributed by atoms with van der Waals surface area (Å²) in [4.78, 5) is 9.25. The molecule has 0 saturated carbocycles. The largest absolute Gasteiger partial charge is 1.00 e. The molecule has 0 atom stereocenters. The van der Waals surface area contributed by atoms with Crippen LogP contribution in [0.4, 0.5) is 13.2 Å². The molecule has 0 saturated heterocycles. The number of hydrogen-bond acceptors (Lipinski definition) is 1. The zero-order valence-corrected chi connectivity index (χ0v) is 7.27. The minimum absolute atomic E-state index is 0. The third-order valence-corrected chi connectivity index (χ3v) is 0.175. The van der Waals surface area contributed by atoms with Gasteiger partial charge < -0.3 is 18.3 Å². The molecule has 0 aromatic heterocycles. The molecule has 1 N–H and O–H groups in total. The van der Waals surface area contributed by atoms with Crippen molar-refractivity contribution in [3.63, 3.8) is 0 Å². The fourth-order valence-corrected chi connectivity index (χ4v) is 0. The van der Waals surface area contributed by atoms with Gasteiger partial charge >= 0.3 is 35.5 Å². The van der Waals surface area contributed by atoms with Crippen LogP contribution < -0.4 is 29.6 Å². The van der Waals surface area contributed by atoms with Crippen LogP contribution in [-0.4, -0.2) is 11.1 Å². The number of aliphatic carboxylic acids is 1. The summed E-state index contributed by atoms with van der Waals surface area (Å²) in [6.07, 6.45) is 0.833. The average Bonchev–Trinajstić information content (AvgIpc) is 1.65. The maximum Gasteiger partial charge on any atom is 1.00 e. The predicted molar refractivity (Wildman–Crippen MR) is 24.4 cm³/mol. The average molecular weight is 164 g/mol. The molecule has 10 heavy (non-hydrogen) atoms. The van der Waals surface area contributed by atoms with Crippen molar-refractivity contribution in [1.82, 2.24) is 0 Å². The molecule has 0 bridgehead atoms.